The van der Waals surface area contributed by atoms with Crippen molar-refractivity contribution in [3.05, 3.63) is 50.5 Å². The zero-order valence-electron chi connectivity index (χ0n) is 11.8. The number of nitrogens with zero attached hydrogens (tertiary/aromatic N) is 2. The number of rotatable bonds is 4. The molecule has 1 saturated carbocycles. The van der Waals surface area contributed by atoms with E-state index in [1.165, 1.54) is 33.2 Å². The van der Waals surface area contributed by atoms with Gasteiger partial charge in [-0.15, -0.1) is 0 Å². The van der Waals surface area contributed by atoms with Crippen LogP contribution in [0.1, 0.15) is 41.4 Å². The van der Waals surface area contributed by atoms with Gasteiger partial charge in [0.15, 0.2) is 0 Å². The van der Waals surface area contributed by atoms with E-state index in [1.54, 1.807) is 0 Å². The Kier molecular flexibility index (Phi) is 3.92. The lowest BCUT2D eigenvalue weighted by Gasteiger charge is -2.11. The zero-order valence-corrected chi connectivity index (χ0v) is 13.9. The van der Waals surface area contributed by atoms with Gasteiger partial charge in [0.05, 0.1) is 9.26 Å². The molecule has 1 aromatic heterocycles. The quantitative estimate of drug-likeness (QED) is 0.819. The summed E-state index contributed by atoms with van der Waals surface area (Å²) in [5.41, 5.74) is 3.78. The van der Waals surface area contributed by atoms with Gasteiger partial charge in [-0.05, 0) is 47.9 Å². The van der Waals surface area contributed by atoms with Crippen LogP contribution in [0.15, 0.2) is 24.3 Å². The van der Waals surface area contributed by atoms with Crippen LogP contribution in [0.25, 0.3) is 0 Å². The summed E-state index contributed by atoms with van der Waals surface area (Å²) in [4.78, 5) is 9.45. The molecule has 0 atom stereocenters. The fraction of sp³-hybridized carbons (Fsp3) is 0.375. The molecule has 2 aromatic rings. The first-order valence-electron chi connectivity index (χ1n) is 6.97. The van der Waals surface area contributed by atoms with E-state index < -0.39 is 0 Å². The second kappa shape index (κ2) is 5.68. The van der Waals surface area contributed by atoms with Gasteiger partial charge < -0.3 is 5.32 Å². The van der Waals surface area contributed by atoms with Crippen LogP contribution in [0.5, 0.6) is 0 Å². The smallest absolute Gasteiger partial charge is 0.143 e. The Labute approximate surface area is 133 Å². The SMILES string of the molecule is CNc1nc(Cc2ccc(C)cc2)nc(C2CC2)c1I. The lowest BCUT2D eigenvalue weighted by Crippen LogP contribution is -2.07. The van der Waals surface area contributed by atoms with Crippen molar-refractivity contribution in [3.63, 3.8) is 0 Å². The Bertz CT molecular complexity index is 618. The fourth-order valence-electron chi connectivity index (χ4n) is 2.27. The van der Waals surface area contributed by atoms with Gasteiger partial charge in [0.1, 0.15) is 11.6 Å². The number of anilines is 1. The Morgan fingerprint density at radius 2 is 1.90 bits per heavy atom. The predicted molar refractivity (Wildman–Crippen MR) is 90.3 cm³/mol. The van der Waals surface area contributed by atoms with E-state index in [9.17, 15) is 0 Å². The van der Waals surface area contributed by atoms with Crippen LogP contribution in [0.2, 0.25) is 0 Å². The van der Waals surface area contributed by atoms with Gasteiger partial charge in [0.2, 0.25) is 0 Å². The molecule has 1 fully saturated rings. The van der Waals surface area contributed by atoms with Crippen LogP contribution in [-0.4, -0.2) is 17.0 Å². The summed E-state index contributed by atoms with van der Waals surface area (Å²) in [6.45, 7) is 2.11. The molecule has 0 bridgehead atoms. The minimum Gasteiger partial charge on any atom is -0.372 e. The maximum Gasteiger partial charge on any atom is 0.143 e. The van der Waals surface area contributed by atoms with Gasteiger partial charge in [0.25, 0.3) is 0 Å². The third-order valence-electron chi connectivity index (χ3n) is 3.61. The van der Waals surface area contributed by atoms with Gasteiger partial charge in [-0.3, -0.25) is 0 Å². The summed E-state index contributed by atoms with van der Waals surface area (Å²) in [6.07, 6.45) is 3.33. The molecule has 4 heteroatoms. The third-order valence-corrected chi connectivity index (χ3v) is 4.67. The molecule has 1 heterocycles. The standard InChI is InChI=1S/C16H18IN3/c1-10-3-5-11(6-4-10)9-13-19-15(12-7-8-12)14(17)16(18-2)20-13/h3-6,12H,7-9H2,1-2H3,(H,18,19,20). The first kappa shape index (κ1) is 13.8. The monoisotopic (exact) mass is 379 g/mol. The lowest BCUT2D eigenvalue weighted by molar-refractivity contribution is 0.891. The molecular weight excluding hydrogens is 361 g/mol. The van der Waals surface area contributed by atoms with E-state index in [-0.39, 0.29) is 0 Å². The van der Waals surface area contributed by atoms with Crippen molar-refractivity contribution in [1.82, 2.24) is 9.97 Å². The van der Waals surface area contributed by atoms with Gasteiger partial charge in [0, 0.05) is 19.4 Å². The molecule has 0 amide bonds. The second-order valence-electron chi connectivity index (χ2n) is 5.37. The summed E-state index contributed by atoms with van der Waals surface area (Å²) >= 11 is 2.36. The van der Waals surface area contributed by atoms with Gasteiger partial charge in [-0.1, -0.05) is 29.8 Å². The topological polar surface area (TPSA) is 37.8 Å². The predicted octanol–water partition coefficient (Wildman–Crippen LogP) is 3.90. The Hall–Kier alpha value is -1.17. The van der Waals surface area contributed by atoms with E-state index in [1.807, 2.05) is 7.05 Å². The van der Waals surface area contributed by atoms with E-state index in [2.05, 4.69) is 64.1 Å². The molecule has 0 radical (unpaired) electrons. The highest BCUT2D eigenvalue weighted by atomic mass is 127. The summed E-state index contributed by atoms with van der Waals surface area (Å²) in [5.74, 6) is 2.53. The Morgan fingerprint density at radius 1 is 1.20 bits per heavy atom. The number of hydrogen-bond acceptors (Lipinski definition) is 3. The molecule has 20 heavy (non-hydrogen) atoms. The lowest BCUT2D eigenvalue weighted by atomic mass is 10.1. The number of aryl methyl sites for hydroxylation is 1. The van der Waals surface area contributed by atoms with E-state index in [4.69, 9.17) is 4.98 Å². The number of hydrogen-bond donors (Lipinski definition) is 1. The molecule has 0 unspecified atom stereocenters. The van der Waals surface area contributed by atoms with E-state index in [0.29, 0.717) is 5.92 Å². The molecule has 0 aliphatic heterocycles. The number of benzene rings is 1. The van der Waals surface area contributed by atoms with Crippen LogP contribution in [0, 0.1) is 10.5 Å². The molecular formula is C16H18IN3. The first-order valence-corrected chi connectivity index (χ1v) is 8.05. The van der Waals surface area contributed by atoms with Crippen molar-refractivity contribution < 1.29 is 0 Å². The molecule has 104 valence electrons. The zero-order chi connectivity index (χ0) is 14.1. The van der Waals surface area contributed by atoms with Crippen LogP contribution in [0.4, 0.5) is 5.82 Å². The summed E-state index contributed by atoms with van der Waals surface area (Å²) in [7, 11) is 1.93. The third kappa shape index (κ3) is 2.95. The number of halogens is 1. The van der Waals surface area contributed by atoms with Crippen molar-refractivity contribution in [3.8, 4) is 0 Å². The second-order valence-corrected chi connectivity index (χ2v) is 6.45. The normalized spacial score (nSPS) is 14.3. The molecule has 3 rings (SSSR count). The van der Waals surface area contributed by atoms with Gasteiger partial charge in [-0.25, -0.2) is 9.97 Å². The molecule has 0 spiro atoms. The average molecular weight is 379 g/mol. The van der Waals surface area contributed by atoms with Gasteiger partial charge in [-0.2, -0.15) is 0 Å². The van der Waals surface area contributed by atoms with Crippen molar-refractivity contribution in [2.24, 2.45) is 0 Å². The molecule has 1 N–H and O–H groups in total. The van der Waals surface area contributed by atoms with Crippen LogP contribution in [0.3, 0.4) is 0 Å². The Balaban J connectivity index is 1.92. The highest BCUT2D eigenvalue weighted by Crippen LogP contribution is 2.42. The Morgan fingerprint density at radius 3 is 2.50 bits per heavy atom. The highest BCUT2D eigenvalue weighted by Gasteiger charge is 2.29. The highest BCUT2D eigenvalue weighted by molar-refractivity contribution is 14.1. The summed E-state index contributed by atoms with van der Waals surface area (Å²) in [5, 5.41) is 3.19. The van der Waals surface area contributed by atoms with Crippen molar-refractivity contribution in [1.29, 1.82) is 0 Å². The van der Waals surface area contributed by atoms with Crippen LogP contribution >= 0.6 is 22.6 Å². The van der Waals surface area contributed by atoms with Crippen molar-refractivity contribution in [2.75, 3.05) is 12.4 Å². The van der Waals surface area contributed by atoms with E-state index in [0.717, 1.165) is 18.1 Å². The number of nitrogens with one attached hydrogen (secondary N) is 1. The van der Waals surface area contributed by atoms with Crippen LogP contribution < -0.4 is 5.32 Å². The minimum atomic E-state index is 0.647. The van der Waals surface area contributed by atoms with Crippen molar-refractivity contribution >= 4 is 28.4 Å². The number of aromatic nitrogens is 2. The minimum absolute atomic E-state index is 0.647. The summed E-state index contributed by atoms with van der Waals surface area (Å²) in [6, 6.07) is 8.60. The average Bonchev–Trinajstić information content (AvgIpc) is 3.27. The van der Waals surface area contributed by atoms with Gasteiger partial charge >= 0.3 is 0 Å². The van der Waals surface area contributed by atoms with Crippen molar-refractivity contribution in [2.45, 2.75) is 32.1 Å². The molecule has 3 nitrogen and oxygen atoms in total. The molecule has 0 saturated heterocycles. The van der Waals surface area contributed by atoms with E-state index >= 15 is 0 Å². The maximum absolute atomic E-state index is 4.80. The summed E-state index contributed by atoms with van der Waals surface area (Å²) < 4.78 is 1.18. The molecule has 1 aliphatic rings. The van der Waals surface area contributed by atoms with Crippen LogP contribution in [-0.2, 0) is 6.42 Å². The molecule has 1 aromatic carbocycles. The largest absolute Gasteiger partial charge is 0.372 e. The maximum atomic E-state index is 4.80. The fourth-order valence-corrected chi connectivity index (χ4v) is 3.22. The first-order chi connectivity index (χ1) is 9.67. The molecule has 1 aliphatic carbocycles.